The monoisotopic (exact) mass is 289 g/mol. The Hall–Kier alpha value is -2.34. The molecule has 0 aliphatic heterocycles. The fraction of sp³-hybridized carbons (Fsp3) is 0.333. The van der Waals surface area contributed by atoms with Gasteiger partial charge >= 0.3 is 0 Å². The first kappa shape index (κ1) is 15.1. The third kappa shape index (κ3) is 2.62. The van der Waals surface area contributed by atoms with Crippen LogP contribution in [0.25, 0.3) is 5.52 Å². The Morgan fingerprint density at radius 2 is 1.95 bits per heavy atom. The van der Waals surface area contributed by atoms with E-state index in [0.29, 0.717) is 11.1 Å². The van der Waals surface area contributed by atoms with Crippen molar-refractivity contribution >= 4 is 17.2 Å². The fourth-order valence-electron chi connectivity index (χ4n) is 2.26. The highest BCUT2D eigenvalue weighted by Gasteiger charge is 2.27. The zero-order chi connectivity index (χ0) is 15.7. The number of hydrogen-bond acceptors (Lipinski definition) is 4. The van der Waals surface area contributed by atoms with Gasteiger partial charge in [0.1, 0.15) is 5.75 Å². The fourth-order valence-corrected chi connectivity index (χ4v) is 2.26. The van der Waals surface area contributed by atoms with Crippen molar-refractivity contribution in [1.82, 2.24) is 9.30 Å². The van der Waals surface area contributed by atoms with Gasteiger partial charge in [0.05, 0.1) is 17.6 Å². The molecule has 0 saturated heterocycles. The van der Waals surface area contributed by atoms with Crippen LogP contribution in [0.1, 0.15) is 24.2 Å². The molecule has 6 heteroatoms. The molecule has 21 heavy (non-hydrogen) atoms. The Kier molecular flexibility index (Phi) is 3.99. The number of Topliss-reactive ketones (excluding diaryl/α,β-unsaturated/α-hetero) is 1. The van der Waals surface area contributed by atoms with Gasteiger partial charge in [-0.25, -0.2) is 0 Å². The molecule has 6 nitrogen and oxygen atoms in total. The van der Waals surface area contributed by atoms with Crippen molar-refractivity contribution in [2.75, 3.05) is 7.05 Å². The first-order valence-corrected chi connectivity index (χ1v) is 6.69. The van der Waals surface area contributed by atoms with E-state index in [1.807, 2.05) is 0 Å². The van der Waals surface area contributed by atoms with Crippen LogP contribution in [-0.2, 0) is 4.79 Å². The number of carbonyl (C=O) groups excluding carboxylic acids is 2. The lowest BCUT2D eigenvalue weighted by Crippen LogP contribution is -2.47. The number of amides is 1. The lowest BCUT2D eigenvalue weighted by molar-refractivity contribution is -0.131. The number of aromatic hydroxyl groups is 1. The van der Waals surface area contributed by atoms with E-state index in [-0.39, 0.29) is 17.4 Å². The number of pyridine rings is 1. The van der Waals surface area contributed by atoms with Crippen LogP contribution in [0.4, 0.5) is 0 Å². The minimum Gasteiger partial charge on any atom is -0.506 e. The molecule has 1 unspecified atom stereocenters. The summed E-state index contributed by atoms with van der Waals surface area (Å²) in [5, 5.41) is 9.93. The van der Waals surface area contributed by atoms with E-state index in [0.717, 1.165) is 0 Å². The SMILES string of the molecule is CC(C(=O)c1ccn2cccc(O)c12)N(C)C(=O)[C@H](C)N. The predicted molar refractivity (Wildman–Crippen MR) is 79.3 cm³/mol. The molecule has 2 aromatic rings. The number of nitrogens with two attached hydrogens (primary N) is 1. The first-order valence-electron chi connectivity index (χ1n) is 6.69. The van der Waals surface area contributed by atoms with Crippen LogP contribution in [0.3, 0.4) is 0 Å². The van der Waals surface area contributed by atoms with Crippen molar-refractivity contribution in [2.24, 2.45) is 5.73 Å². The van der Waals surface area contributed by atoms with E-state index >= 15 is 0 Å². The molecule has 0 radical (unpaired) electrons. The quantitative estimate of drug-likeness (QED) is 0.823. The van der Waals surface area contributed by atoms with Crippen LogP contribution in [0.15, 0.2) is 30.6 Å². The van der Waals surface area contributed by atoms with Gasteiger partial charge in [-0.2, -0.15) is 0 Å². The summed E-state index contributed by atoms with van der Waals surface area (Å²) in [6.45, 7) is 3.22. The zero-order valence-corrected chi connectivity index (χ0v) is 12.3. The maximum absolute atomic E-state index is 12.6. The highest BCUT2D eigenvalue weighted by atomic mass is 16.3. The molecule has 2 heterocycles. The number of rotatable bonds is 4. The Bertz CT molecular complexity index is 691. The van der Waals surface area contributed by atoms with Crippen molar-refractivity contribution < 1.29 is 14.7 Å². The van der Waals surface area contributed by atoms with Gasteiger partial charge in [-0.15, -0.1) is 0 Å². The largest absolute Gasteiger partial charge is 0.506 e. The number of carbonyl (C=O) groups is 2. The number of fused-ring (bicyclic) bond motifs is 1. The molecule has 1 amide bonds. The summed E-state index contributed by atoms with van der Waals surface area (Å²) in [4.78, 5) is 25.8. The van der Waals surface area contributed by atoms with Crippen molar-refractivity contribution in [3.8, 4) is 5.75 Å². The molecule has 0 aliphatic carbocycles. The summed E-state index contributed by atoms with van der Waals surface area (Å²) in [6, 6.07) is 3.52. The summed E-state index contributed by atoms with van der Waals surface area (Å²) in [6.07, 6.45) is 3.44. The summed E-state index contributed by atoms with van der Waals surface area (Å²) in [5.74, 6) is -0.515. The van der Waals surface area contributed by atoms with Gasteiger partial charge in [-0.1, -0.05) is 0 Å². The topological polar surface area (TPSA) is 88.0 Å². The van der Waals surface area contributed by atoms with Gasteiger partial charge in [0.15, 0.2) is 5.78 Å². The van der Waals surface area contributed by atoms with E-state index in [1.54, 1.807) is 49.8 Å². The van der Waals surface area contributed by atoms with Crippen molar-refractivity contribution in [3.63, 3.8) is 0 Å². The predicted octanol–water partition coefficient (Wildman–Crippen LogP) is 1.02. The summed E-state index contributed by atoms with van der Waals surface area (Å²) in [5.41, 5.74) is 6.38. The van der Waals surface area contributed by atoms with Crippen LogP contribution >= 0.6 is 0 Å². The minimum atomic E-state index is -0.663. The average Bonchev–Trinajstić information content (AvgIpc) is 2.89. The van der Waals surface area contributed by atoms with Crippen LogP contribution < -0.4 is 5.73 Å². The second kappa shape index (κ2) is 5.57. The van der Waals surface area contributed by atoms with E-state index in [1.165, 1.54) is 11.0 Å². The van der Waals surface area contributed by atoms with Crippen molar-refractivity contribution in [2.45, 2.75) is 25.9 Å². The molecule has 0 fully saturated rings. The van der Waals surface area contributed by atoms with Gasteiger partial charge in [-0.3, -0.25) is 9.59 Å². The molecule has 3 N–H and O–H groups in total. The molecule has 112 valence electrons. The molecule has 2 aromatic heterocycles. The minimum absolute atomic E-state index is 0.0271. The Morgan fingerprint density at radius 3 is 2.57 bits per heavy atom. The third-order valence-electron chi connectivity index (χ3n) is 3.62. The van der Waals surface area contributed by atoms with Crippen LogP contribution in [0, 0.1) is 0 Å². The summed E-state index contributed by atoms with van der Waals surface area (Å²) >= 11 is 0. The van der Waals surface area contributed by atoms with Gasteiger partial charge in [0.25, 0.3) is 0 Å². The molecule has 0 aromatic carbocycles. The Balaban J connectivity index is 2.36. The average molecular weight is 289 g/mol. The number of likely N-dealkylation sites (N-methyl/N-ethyl adjacent to an activating group) is 1. The standard InChI is InChI=1S/C15H19N3O3/c1-9(16)15(21)17(3)10(2)14(20)11-6-8-18-7-4-5-12(19)13(11)18/h4-10,19H,16H2,1-3H3/t9-,10?/m0/s1. The number of hydrogen-bond donors (Lipinski definition) is 2. The second-order valence-corrected chi connectivity index (χ2v) is 5.16. The Labute approximate surface area is 122 Å². The van der Waals surface area contributed by atoms with E-state index in [2.05, 4.69) is 0 Å². The lowest BCUT2D eigenvalue weighted by atomic mass is 10.0. The molecular weight excluding hydrogens is 270 g/mol. The lowest BCUT2D eigenvalue weighted by Gasteiger charge is -2.25. The van der Waals surface area contributed by atoms with E-state index in [9.17, 15) is 14.7 Å². The molecule has 2 atom stereocenters. The highest BCUT2D eigenvalue weighted by Crippen LogP contribution is 2.24. The second-order valence-electron chi connectivity index (χ2n) is 5.16. The van der Waals surface area contributed by atoms with Crippen LogP contribution in [0.5, 0.6) is 5.75 Å². The van der Waals surface area contributed by atoms with E-state index in [4.69, 9.17) is 5.73 Å². The molecule has 2 rings (SSSR count). The normalized spacial score (nSPS) is 13.9. The first-order chi connectivity index (χ1) is 9.84. The molecule has 0 saturated carbocycles. The molecular formula is C15H19N3O3. The van der Waals surface area contributed by atoms with Crippen molar-refractivity contribution in [3.05, 3.63) is 36.2 Å². The number of aromatic nitrogens is 1. The van der Waals surface area contributed by atoms with Gasteiger partial charge in [-0.05, 0) is 32.0 Å². The molecule has 0 bridgehead atoms. The van der Waals surface area contributed by atoms with Gasteiger partial charge in [0.2, 0.25) is 5.91 Å². The molecule has 0 aliphatic rings. The third-order valence-corrected chi connectivity index (χ3v) is 3.62. The van der Waals surface area contributed by atoms with E-state index < -0.39 is 12.1 Å². The Morgan fingerprint density at radius 1 is 1.29 bits per heavy atom. The maximum Gasteiger partial charge on any atom is 0.239 e. The van der Waals surface area contributed by atoms with Crippen LogP contribution in [-0.4, -0.2) is 45.2 Å². The zero-order valence-electron chi connectivity index (χ0n) is 12.3. The summed E-state index contributed by atoms with van der Waals surface area (Å²) < 4.78 is 1.67. The number of ketones is 1. The molecule has 0 spiro atoms. The summed E-state index contributed by atoms with van der Waals surface area (Å²) in [7, 11) is 1.55. The van der Waals surface area contributed by atoms with Gasteiger partial charge in [0, 0.05) is 25.0 Å². The smallest absolute Gasteiger partial charge is 0.239 e. The van der Waals surface area contributed by atoms with Gasteiger partial charge < -0.3 is 20.1 Å². The van der Waals surface area contributed by atoms with Crippen LogP contribution in [0.2, 0.25) is 0 Å². The highest BCUT2D eigenvalue weighted by molar-refractivity contribution is 6.08. The van der Waals surface area contributed by atoms with Crippen molar-refractivity contribution in [1.29, 1.82) is 0 Å². The maximum atomic E-state index is 12.6. The number of nitrogens with zero attached hydrogens (tertiary/aromatic N) is 2.